The summed E-state index contributed by atoms with van der Waals surface area (Å²) in [6, 6.07) is 0. The molecule has 0 bridgehead atoms. The van der Waals surface area contributed by atoms with Gasteiger partial charge in [-0.05, 0) is 41.1 Å². The minimum Gasteiger partial charge on any atom is -0.369 e. The second-order valence-electron chi connectivity index (χ2n) is 5.15. The molecule has 1 N–H and O–H groups in total. The molecule has 1 unspecified atom stereocenters. The van der Waals surface area contributed by atoms with Gasteiger partial charge in [0.15, 0.2) is 0 Å². The summed E-state index contributed by atoms with van der Waals surface area (Å²) >= 11 is 3.66. The lowest BCUT2D eigenvalue weighted by Crippen LogP contribution is -2.36. The maximum atomic E-state index is 4.47. The van der Waals surface area contributed by atoms with Gasteiger partial charge in [0.2, 0.25) is 0 Å². The van der Waals surface area contributed by atoms with E-state index in [0.29, 0.717) is 0 Å². The van der Waals surface area contributed by atoms with E-state index in [4.69, 9.17) is 0 Å². The highest BCUT2D eigenvalue weighted by Gasteiger charge is 2.22. The van der Waals surface area contributed by atoms with Crippen LogP contribution >= 0.6 is 15.9 Å². The van der Waals surface area contributed by atoms with E-state index in [2.05, 4.69) is 50.0 Å². The first kappa shape index (κ1) is 14.6. The Morgan fingerprint density at radius 2 is 2.26 bits per heavy atom. The van der Waals surface area contributed by atoms with Crippen LogP contribution in [-0.4, -0.2) is 29.6 Å². The number of rotatable bonds is 5. The molecule has 106 valence electrons. The average molecular weight is 327 g/mol. The molecule has 4 nitrogen and oxygen atoms in total. The third-order valence-electron chi connectivity index (χ3n) is 3.71. The molecule has 1 aromatic rings. The maximum absolute atomic E-state index is 4.47. The number of anilines is 2. The zero-order chi connectivity index (χ0) is 13.7. The molecule has 0 saturated carbocycles. The number of piperidine rings is 1. The third-order valence-corrected chi connectivity index (χ3v) is 4.44. The number of hydrogen-bond acceptors (Lipinski definition) is 4. The molecule has 1 saturated heterocycles. The van der Waals surface area contributed by atoms with Crippen molar-refractivity contribution in [1.29, 1.82) is 0 Å². The van der Waals surface area contributed by atoms with Crippen molar-refractivity contribution in [3.8, 4) is 0 Å². The molecule has 5 heteroatoms. The van der Waals surface area contributed by atoms with Crippen LogP contribution in [0.15, 0.2) is 10.8 Å². The van der Waals surface area contributed by atoms with Crippen LogP contribution in [0.4, 0.5) is 11.6 Å². The second kappa shape index (κ2) is 7.08. The highest BCUT2D eigenvalue weighted by Crippen LogP contribution is 2.32. The molecule has 0 aliphatic carbocycles. The summed E-state index contributed by atoms with van der Waals surface area (Å²) in [5.74, 6) is 2.74. The summed E-state index contributed by atoms with van der Waals surface area (Å²) in [7, 11) is 0. The zero-order valence-corrected chi connectivity index (χ0v) is 13.4. The molecule has 1 aromatic heterocycles. The number of nitrogens with zero attached hydrogens (tertiary/aromatic N) is 3. The standard InChI is InChI=1S/C14H23BrN4/c1-3-7-16-13-12(15)14(18-10-17-13)19-8-5-6-11(4-2)9-19/h10-11H,3-9H2,1-2H3,(H,16,17,18). The zero-order valence-electron chi connectivity index (χ0n) is 11.8. The van der Waals surface area contributed by atoms with Gasteiger partial charge in [0.1, 0.15) is 22.4 Å². The van der Waals surface area contributed by atoms with E-state index in [0.717, 1.165) is 48.1 Å². The lowest BCUT2D eigenvalue weighted by molar-refractivity contribution is 0.402. The van der Waals surface area contributed by atoms with E-state index in [1.807, 2.05) is 0 Å². The van der Waals surface area contributed by atoms with Crippen LogP contribution in [0.1, 0.15) is 39.5 Å². The summed E-state index contributed by atoms with van der Waals surface area (Å²) in [6.45, 7) is 7.57. The van der Waals surface area contributed by atoms with Gasteiger partial charge in [-0.2, -0.15) is 0 Å². The monoisotopic (exact) mass is 326 g/mol. The summed E-state index contributed by atoms with van der Waals surface area (Å²) < 4.78 is 1.00. The topological polar surface area (TPSA) is 41.1 Å². The highest BCUT2D eigenvalue weighted by molar-refractivity contribution is 9.10. The fraction of sp³-hybridized carbons (Fsp3) is 0.714. The van der Waals surface area contributed by atoms with Crippen LogP contribution in [0.2, 0.25) is 0 Å². The Bertz CT molecular complexity index is 410. The normalized spacial score (nSPS) is 19.5. The third kappa shape index (κ3) is 3.59. The van der Waals surface area contributed by atoms with Crippen molar-refractivity contribution >= 4 is 27.6 Å². The van der Waals surface area contributed by atoms with Gasteiger partial charge < -0.3 is 10.2 Å². The molecule has 1 aliphatic heterocycles. The molecule has 2 rings (SSSR count). The largest absolute Gasteiger partial charge is 0.369 e. The molecule has 0 spiro atoms. The van der Waals surface area contributed by atoms with Gasteiger partial charge in [0.25, 0.3) is 0 Å². The summed E-state index contributed by atoms with van der Waals surface area (Å²) in [6.07, 6.45) is 6.60. The van der Waals surface area contributed by atoms with Crippen molar-refractivity contribution in [2.75, 3.05) is 29.9 Å². The van der Waals surface area contributed by atoms with Gasteiger partial charge in [0.05, 0.1) is 0 Å². The summed E-state index contributed by atoms with van der Waals surface area (Å²) in [5, 5.41) is 3.34. The van der Waals surface area contributed by atoms with Gasteiger partial charge in [-0.1, -0.05) is 20.3 Å². The first-order valence-corrected chi connectivity index (χ1v) is 8.04. The Morgan fingerprint density at radius 3 is 3.00 bits per heavy atom. The fourth-order valence-corrected chi connectivity index (χ4v) is 3.13. The van der Waals surface area contributed by atoms with E-state index in [9.17, 15) is 0 Å². The van der Waals surface area contributed by atoms with E-state index >= 15 is 0 Å². The summed E-state index contributed by atoms with van der Waals surface area (Å²) in [4.78, 5) is 11.2. The SMILES string of the molecule is CCCNc1ncnc(N2CCCC(CC)C2)c1Br. The lowest BCUT2D eigenvalue weighted by Gasteiger charge is -2.33. The molecule has 19 heavy (non-hydrogen) atoms. The lowest BCUT2D eigenvalue weighted by atomic mass is 9.96. The van der Waals surface area contributed by atoms with E-state index < -0.39 is 0 Å². The number of aromatic nitrogens is 2. The molecular weight excluding hydrogens is 304 g/mol. The first-order valence-electron chi connectivity index (χ1n) is 7.25. The van der Waals surface area contributed by atoms with Gasteiger partial charge in [-0.15, -0.1) is 0 Å². The van der Waals surface area contributed by atoms with Crippen molar-refractivity contribution in [2.45, 2.75) is 39.5 Å². The predicted octanol–water partition coefficient (Wildman–Crippen LogP) is 3.69. The Morgan fingerprint density at radius 1 is 1.42 bits per heavy atom. The van der Waals surface area contributed by atoms with E-state index in [-0.39, 0.29) is 0 Å². The van der Waals surface area contributed by atoms with E-state index in [1.165, 1.54) is 19.3 Å². The number of nitrogens with one attached hydrogen (secondary N) is 1. The quantitative estimate of drug-likeness (QED) is 0.895. The molecule has 0 radical (unpaired) electrons. The smallest absolute Gasteiger partial charge is 0.148 e. The van der Waals surface area contributed by atoms with Crippen LogP contribution in [0.3, 0.4) is 0 Å². The van der Waals surface area contributed by atoms with Gasteiger partial charge in [-0.3, -0.25) is 0 Å². The van der Waals surface area contributed by atoms with Gasteiger partial charge >= 0.3 is 0 Å². The second-order valence-corrected chi connectivity index (χ2v) is 5.94. The molecule has 1 atom stereocenters. The average Bonchev–Trinajstić information content (AvgIpc) is 2.46. The molecular formula is C14H23BrN4. The fourth-order valence-electron chi connectivity index (χ4n) is 2.54. The van der Waals surface area contributed by atoms with Crippen molar-refractivity contribution < 1.29 is 0 Å². The number of hydrogen-bond donors (Lipinski definition) is 1. The van der Waals surface area contributed by atoms with Crippen LogP contribution in [-0.2, 0) is 0 Å². The first-order chi connectivity index (χ1) is 9.26. The van der Waals surface area contributed by atoms with Crippen LogP contribution in [0.5, 0.6) is 0 Å². The summed E-state index contributed by atoms with van der Waals surface area (Å²) in [5.41, 5.74) is 0. The molecule has 0 amide bonds. The van der Waals surface area contributed by atoms with Crippen molar-refractivity contribution in [1.82, 2.24) is 9.97 Å². The molecule has 2 heterocycles. The van der Waals surface area contributed by atoms with E-state index in [1.54, 1.807) is 6.33 Å². The Hall–Kier alpha value is -0.840. The Balaban J connectivity index is 2.14. The minimum absolute atomic E-state index is 0.794. The Labute approximate surface area is 124 Å². The highest BCUT2D eigenvalue weighted by atomic mass is 79.9. The van der Waals surface area contributed by atoms with Gasteiger partial charge in [0, 0.05) is 19.6 Å². The number of halogens is 1. The Kier molecular flexibility index (Phi) is 5.43. The molecule has 1 fully saturated rings. The van der Waals surface area contributed by atoms with Crippen LogP contribution in [0, 0.1) is 5.92 Å². The van der Waals surface area contributed by atoms with Crippen molar-refractivity contribution in [3.63, 3.8) is 0 Å². The van der Waals surface area contributed by atoms with Crippen molar-refractivity contribution in [3.05, 3.63) is 10.8 Å². The van der Waals surface area contributed by atoms with Gasteiger partial charge in [-0.25, -0.2) is 9.97 Å². The molecule has 0 aromatic carbocycles. The van der Waals surface area contributed by atoms with Crippen molar-refractivity contribution in [2.24, 2.45) is 5.92 Å². The van der Waals surface area contributed by atoms with Crippen LogP contribution in [0.25, 0.3) is 0 Å². The maximum Gasteiger partial charge on any atom is 0.148 e. The molecule has 1 aliphatic rings. The minimum atomic E-state index is 0.794. The predicted molar refractivity (Wildman–Crippen MR) is 83.7 cm³/mol. The van der Waals surface area contributed by atoms with Crippen LogP contribution < -0.4 is 10.2 Å².